The molecule has 1 unspecified atom stereocenters. The van der Waals surface area contributed by atoms with Crippen molar-refractivity contribution in [3.8, 4) is 5.75 Å². The van der Waals surface area contributed by atoms with Gasteiger partial charge in [-0.1, -0.05) is 12.1 Å². The largest absolute Gasteiger partial charge is 0.609 e. The molecule has 0 saturated carbocycles. The Bertz CT molecular complexity index is 445. The lowest BCUT2D eigenvalue weighted by Gasteiger charge is -2.07. The van der Waals surface area contributed by atoms with Crippen molar-refractivity contribution in [2.24, 2.45) is 0 Å². The quantitative estimate of drug-likeness (QED) is 0.822. The zero-order valence-corrected chi connectivity index (χ0v) is 9.66. The minimum Gasteiger partial charge on any atom is -0.609 e. The second kappa shape index (κ2) is 5.05. The average Bonchev–Trinajstić information content (AvgIpc) is 2.83. The van der Waals surface area contributed by atoms with Crippen molar-refractivity contribution >= 4 is 11.2 Å². The SMILES string of the molecule is COc1cccc(C[S+]([O-])c2ncc[nH]2)c1. The number of benzene rings is 1. The number of aromatic amines is 1. The van der Waals surface area contributed by atoms with Crippen LogP contribution in [-0.2, 0) is 16.9 Å². The number of ether oxygens (including phenoxy) is 1. The molecule has 1 aromatic heterocycles. The Balaban J connectivity index is 2.08. The molecule has 0 spiro atoms. The van der Waals surface area contributed by atoms with E-state index in [1.807, 2.05) is 24.3 Å². The molecule has 0 bridgehead atoms. The van der Waals surface area contributed by atoms with Crippen LogP contribution in [0.3, 0.4) is 0 Å². The van der Waals surface area contributed by atoms with Gasteiger partial charge in [-0.05, 0) is 12.1 Å². The first-order chi connectivity index (χ1) is 7.79. The van der Waals surface area contributed by atoms with Gasteiger partial charge in [0.15, 0.2) is 0 Å². The van der Waals surface area contributed by atoms with Crippen molar-refractivity contribution in [3.63, 3.8) is 0 Å². The van der Waals surface area contributed by atoms with Crippen LogP contribution >= 0.6 is 0 Å². The molecular weight excluding hydrogens is 224 g/mol. The molecule has 0 aliphatic heterocycles. The lowest BCUT2D eigenvalue weighted by molar-refractivity contribution is 0.414. The van der Waals surface area contributed by atoms with Gasteiger partial charge in [0.25, 0.3) is 0 Å². The van der Waals surface area contributed by atoms with E-state index in [-0.39, 0.29) is 0 Å². The van der Waals surface area contributed by atoms with Crippen molar-refractivity contribution in [3.05, 3.63) is 42.2 Å². The van der Waals surface area contributed by atoms with Crippen molar-refractivity contribution < 1.29 is 9.29 Å². The van der Waals surface area contributed by atoms with Crippen molar-refractivity contribution in [1.29, 1.82) is 0 Å². The molecule has 0 fully saturated rings. The van der Waals surface area contributed by atoms with Gasteiger partial charge in [-0.2, -0.15) is 4.98 Å². The highest BCUT2D eigenvalue weighted by molar-refractivity contribution is 7.90. The number of H-pyrrole nitrogens is 1. The summed E-state index contributed by atoms with van der Waals surface area (Å²) >= 11 is -1.14. The summed E-state index contributed by atoms with van der Waals surface area (Å²) in [6.07, 6.45) is 3.26. The highest BCUT2D eigenvalue weighted by Gasteiger charge is 2.14. The lowest BCUT2D eigenvalue weighted by atomic mass is 10.2. The van der Waals surface area contributed by atoms with E-state index in [0.29, 0.717) is 10.9 Å². The third kappa shape index (κ3) is 2.56. The maximum absolute atomic E-state index is 11.9. The van der Waals surface area contributed by atoms with E-state index in [4.69, 9.17) is 4.74 Å². The fourth-order valence-corrected chi connectivity index (χ4v) is 2.35. The molecule has 1 heterocycles. The molecule has 0 saturated heterocycles. The number of hydrogen-bond donors (Lipinski definition) is 1. The Hall–Kier alpha value is -1.46. The molecule has 1 atom stereocenters. The number of nitrogens with zero attached hydrogens (tertiary/aromatic N) is 1. The van der Waals surface area contributed by atoms with Crippen LogP contribution in [0.2, 0.25) is 0 Å². The Kier molecular flexibility index (Phi) is 3.48. The predicted molar refractivity (Wildman–Crippen MR) is 61.7 cm³/mol. The zero-order valence-electron chi connectivity index (χ0n) is 8.84. The normalized spacial score (nSPS) is 12.4. The van der Waals surface area contributed by atoms with Gasteiger partial charge < -0.3 is 14.3 Å². The van der Waals surface area contributed by atoms with Gasteiger partial charge in [0.1, 0.15) is 11.5 Å². The number of imidazole rings is 1. The summed E-state index contributed by atoms with van der Waals surface area (Å²) in [4.78, 5) is 6.81. The Morgan fingerprint density at radius 1 is 1.50 bits per heavy atom. The second-order valence-electron chi connectivity index (χ2n) is 3.24. The third-order valence-electron chi connectivity index (χ3n) is 2.12. The van der Waals surface area contributed by atoms with Crippen LogP contribution in [-0.4, -0.2) is 21.6 Å². The first kappa shape index (κ1) is 11.0. The molecule has 16 heavy (non-hydrogen) atoms. The summed E-state index contributed by atoms with van der Waals surface area (Å²) in [5, 5.41) is 0.503. The highest BCUT2D eigenvalue weighted by Crippen LogP contribution is 2.17. The molecule has 4 nitrogen and oxygen atoms in total. The molecule has 2 rings (SSSR count). The number of aromatic nitrogens is 2. The van der Waals surface area contributed by atoms with Gasteiger partial charge >= 0.3 is 5.16 Å². The fraction of sp³-hybridized carbons (Fsp3) is 0.182. The number of hydrogen-bond acceptors (Lipinski definition) is 3. The van der Waals surface area contributed by atoms with E-state index in [9.17, 15) is 4.55 Å². The van der Waals surface area contributed by atoms with Gasteiger partial charge in [0.05, 0.1) is 7.11 Å². The van der Waals surface area contributed by atoms with Gasteiger partial charge in [0.2, 0.25) is 0 Å². The van der Waals surface area contributed by atoms with E-state index in [1.54, 1.807) is 19.5 Å². The van der Waals surface area contributed by atoms with Gasteiger partial charge in [0, 0.05) is 29.1 Å². The summed E-state index contributed by atoms with van der Waals surface area (Å²) in [7, 11) is 1.61. The second-order valence-corrected chi connectivity index (χ2v) is 4.60. The topological polar surface area (TPSA) is 61.0 Å². The molecule has 0 radical (unpaired) electrons. The molecule has 0 aliphatic rings. The number of nitrogens with one attached hydrogen (secondary N) is 1. The molecule has 0 aliphatic carbocycles. The third-order valence-corrected chi connectivity index (χ3v) is 3.37. The Morgan fingerprint density at radius 3 is 3.06 bits per heavy atom. The summed E-state index contributed by atoms with van der Waals surface area (Å²) < 4.78 is 17.0. The van der Waals surface area contributed by atoms with Gasteiger partial charge in [-0.15, -0.1) is 0 Å². The molecule has 1 aromatic carbocycles. The maximum atomic E-state index is 11.9. The summed E-state index contributed by atoms with van der Waals surface area (Å²) in [6, 6.07) is 7.54. The smallest absolute Gasteiger partial charge is 0.320 e. The minimum atomic E-state index is -1.14. The number of methoxy groups -OCH3 is 1. The van der Waals surface area contributed by atoms with Crippen LogP contribution < -0.4 is 4.74 Å². The van der Waals surface area contributed by atoms with E-state index in [1.165, 1.54) is 0 Å². The van der Waals surface area contributed by atoms with Crippen molar-refractivity contribution in [2.45, 2.75) is 10.9 Å². The van der Waals surface area contributed by atoms with Crippen molar-refractivity contribution in [1.82, 2.24) is 9.97 Å². The standard InChI is InChI=1S/C11H12N2O2S/c1-15-10-4-2-3-9(7-10)8-16(14)11-12-5-6-13-11/h2-7H,8H2,1H3,(H,12,13). The monoisotopic (exact) mass is 236 g/mol. The molecule has 5 heteroatoms. The first-order valence-electron chi connectivity index (χ1n) is 4.80. The van der Waals surface area contributed by atoms with Crippen LogP contribution in [0.25, 0.3) is 0 Å². The van der Waals surface area contributed by atoms with E-state index >= 15 is 0 Å². The fourth-order valence-electron chi connectivity index (χ4n) is 1.36. The van der Waals surface area contributed by atoms with Crippen molar-refractivity contribution in [2.75, 3.05) is 7.11 Å². The molecule has 1 N–H and O–H groups in total. The summed E-state index contributed by atoms with van der Waals surface area (Å²) in [5.74, 6) is 1.21. The predicted octanol–water partition coefficient (Wildman–Crippen LogP) is 1.73. The molecule has 84 valence electrons. The minimum absolute atomic E-state index is 0.435. The van der Waals surface area contributed by atoms with E-state index in [2.05, 4.69) is 9.97 Å². The Labute approximate surface area is 96.9 Å². The number of rotatable bonds is 4. The molecule has 0 amide bonds. The Morgan fingerprint density at radius 2 is 2.38 bits per heavy atom. The molecular formula is C11H12N2O2S. The summed E-state index contributed by atoms with van der Waals surface area (Å²) in [5.41, 5.74) is 0.967. The first-order valence-corrected chi connectivity index (χ1v) is 6.12. The van der Waals surface area contributed by atoms with Crippen LogP contribution in [0.1, 0.15) is 5.56 Å². The van der Waals surface area contributed by atoms with E-state index in [0.717, 1.165) is 11.3 Å². The molecule has 2 aromatic rings. The van der Waals surface area contributed by atoms with Crippen LogP contribution in [0.15, 0.2) is 41.8 Å². The maximum Gasteiger partial charge on any atom is 0.320 e. The van der Waals surface area contributed by atoms with Crippen LogP contribution in [0.5, 0.6) is 5.75 Å². The average molecular weight is 236 g/mol. The lowest BCUT2D eigenvalue weighted by Crippen LogP contribution is -2.06. The van der Waals surface area contributed by atoms with Gasteiger partial charge in [-0.25, -0.2) is 0 Å². The van der Waals surface area contributed by atoms with Crippen LogP contribution in [0, 0.1) is 0 Å². The van der Waals surface area contributed by atoms with Crippen LogP contribution in [0.4, 0.5) is 0 Å². The van der Waals surface area contributed by atoms with Gasteiger partial charge in [-0.3, -0.25) is 0 Å². The highest BCUT2D eigenvalue weighted by atomic mass is 32.2. The summed E-state index contributed by atoms with van der Waals surface area (Å²) in [6.45, 7) is 0. The van der Waals surface area contributed by atoms with E-state index < -0.39 is 11.2 Å². The zero-order chi connectivity index (χ0) is 11.4.